The van der Waals surface area contributed by atoms with Gasteiger partial charge in [-0.05, 0) is 87.7 Å². The minimum atomic E-state index is -0.0745. The summed E-state index contributed by atoms with van der Waals surface area (Å²) >= 11 is 0. The quantitative estimate of drug-likeness (QED) is 0.890. The monoisotopic (exact) mass is 352 g/mol. The highest BCUT2D eigenvalue weighted by Gasteiger charge is 2.18. The van der Waals surface area contributed by atoms with Crippen molar-refractivity contribution < 1.29 is 9.53 Å². The third kappa shape index (κ3) is 4.44. The lowest BCUT2D eigenvalue weighted by molar-refractivity contribution is 0.102. The average Bonchev–Trinajstić information content (AvgIpc) is 2.61. The molecule has 2 aromatic rings. The summed E-state index contributed by atoms with van der Waals surface area (Å²) in [6.07, 6.45) is 2.40. The number of likely N-dealkylation sites (tertiary alicyclic amines) is 1. The minimum absolute atomic E-state index is 0.0745. The van der Waals surface area contributed by atoms with Crippen molar-refractivity contribution in [3.8, 4) is 5.75 Å². The van der Waals surface area contributed by atoms with E-state index in [9.17, 15) is 4.79 Å². The Kier molecular flexibility index (Phi) is 5.62. The van der Waals surface area contributed by atoms with Crippen molar-refractivity contribution in [1.82, 2.24) is 4.90 Å². The second kappa shape index (κ2) is 7.92. The van der Waals surface area contributed by atoms with Crippen molar-refractivity contribution >= 4 is 11.6 Å². The van der Waals surface area contributed by atoms with Crippen molar-refractivity contribution in [2.45, 2.75) is 39.7 Å². The predicted molar refractivity (Wildman–Crippen MR) is 106 cm³/mol. The molecule has 1 saturated heterocycles. The number of nitrogens with one attached hydrogen (secondary N) is 1. The molecule has 0 bridgehead atoms. The maximum Gasteiger partial charge on any atom is 0.255 e. The average molecular weight is 352 g/mol. The van der Waals surface area contributed by atoms with E-state index in [1.165, 1.54) is 5.56 Å². The van der Waals surface area contributed by atoms with Crippen LogP contribution < -0.4 is 10.1 Å². The zero-order valence-corrected chi connectivity index (χ0v) is 16.1. The van der Waals surface area contributed by atoms with Crippen molar-refractivity contribution in [3.05, 3.63) is 58.7 Å². The van der Waals surface area contributed by atoms with E-state index in [-0.39, 0.29) is 12.0 Å². The number of carbonyl (C=O) groups is 1. The van der Waals surface area contributed by atoms with E-state index in [1.54, 1.807) is 0 Å². The Bertz CT molecular complexity index is 775. The fourth-order valence-corrected chi connectivity index (χ4v) is 3.32. The Morgan fingerprint density at radius 1 is 1.00 bits per heavy atom. The van der Waals surface area contributed by atoms with Gasteiger partial charge in [-0.15, -0.1) is 0 Å². The van der Waals surface area contributed by atoms with E-state index in [1.807, 2.05) is 44.2 Å². The van der Waals surface area contributed by atoms with Crippen LogP contribution in [0.3, 0.4) is 0 Å². The summed E-state index contributed by atoms with van der Waals surface area (Å²) in [5.41, 5.74) is 4.83. The molecule has 1 amide bonds. The smallest absolute Gasteiger partial charge is 0.255 e. The third-order valence-electron chi connectivity index (χ3n) is 5.17. The fraction of sp³-hybridized carbons (Fsp3) is 0.409. The highest BCUT2D eigenvalue weighted by Crippen LogP contribution is 2.22. The van der Waals surface area contributed by atoms with Crippen LogP contribution in [0.2, 0.25) is 0 Å². The molecule has 0 atom stereocenters. The van der Waals surface area contributed by atoms with Crippen molar-refractivity contribution in [1.29, 1.82) is 0 Å². The van der Waals surface area contributed by atoms with Crippen LogP contribution >= 0.6 is 0 Å². The molecule has 26 heavy (non-hydrogen) atoms. The Labute approximate surface area is 156 Å². The molecule has 0 saturated carbocycles. The second-order valence-corrected chi connectivity index (χ2v) is 7.35. The van der Waals surface area contributed by atoms with Crippen LogP contribution in [-0.2, 0) is 0 Å². The zero-order valence-electron chi connectivity index (χ0n) is 16.1. The van der Waals surface area contributed by atoms with Crippen LogP contribution in [0, 0.1) is 20.8 Å². The summed E-state index contributed by atoms with van der Waals surface area (Å²) in [5, 5.41) is 2.98. The Balaban J connectivity index is 1.62. The molecule has 4 heteroatoms. The van der Waals surface area contributed by atoms with Crippen LogP contribution in [0.1, 0.15) is 39.9 Å². The summed E-state index contributed by atoms with van der Waals surface area (Å²) in [4.78, 5) is 14.9. The van der Waals surface area contributed by atoms with Gasteiger partial charge in [0, 0.05) is 24.3 Å². The van der Waals surface area contributed by atoms with Gasteiger partial charge in [-0.2, -0.15) is 0 Å². The lowest BCUT2D eigenvalue weighted by Gasteiger charge is -2.29. The number of carbonyl (C=O) groups excluding carboxylic acids is 1. The molecule has 1 N–H and O–H groups in total. The van der Waals surface area contributed by atoms with E-state index in [2.05, 4.69) is 30.3 Å². The standard InChI is InChI=1S/C22H28N2O2/c1-15-13-17(3)21(14-16(15)2)22(25)23-18-5-7-19(8-6-18)26-20-9-11-24(4)12-10-20/h5-8,13-14,20H,9-12H2,1-4H3,(H,23,25). The Hall–Kier alpha value is -2.33. The number of nitrogens with zero attached hydrogens (tertiary/aromatic N) is 1. The molecular formula is C22H28N2O2. The third-order valence-corrected chi connectivity index (χ3v) is 5.17. The number of anilines is 1. The van der Waals surface area contributed by atoms with Crippen LogP contribution in [0.25, 0.3) is 0 Å². The molecule has 2 aromatic carbocycles. The molecule has 3 rings (SSSR count). The minimum Gasteiger partial charge on any atom is -0.490 e. The van der Waals surface area contributed by atoms with E-state index in [4.69, 9.17) is 4.74 Å². The van der Waals surface area contributed by atoms with Gasteiger partial charge in [0.05, 0.1) is 0 Å². The number of hydrogen-bond acceptors (Lipinski definition) is 3. The number of rotatable bonds is 4. The molecule has 4 nitrogen and oxygen atoms in total. The van der Waals surface area contributed by atoms with Crippen LogP contribution in [0.4, 0.5) is 5.69 Å². The maximum absolute atomic E-state index is 12.6. The molecule has 0 spiro atoms. The van der Waals surface area contributed by atoms with Gasteiger partial charge in [-0.3, -0.25) is 4.79 Å². The normalized spacial score (nSPS) is 15.7. The topological polar surface area (TPSA) is 41.6 Å². The zero-order chi connectivity index (χ0) is 18.7. The molecule has 1 fully saturated rings. The highest BCUT2D eigenvalue weighted by atomic mass is 16.5. The van der Waals surface area contributed by atoms with E-state index >= 15 is 0 Å². The number of aryl methyl sites for hydroxylation is 3. The van der Waals surface area contributed by atoms with Gasteiger partial charge in [0.1, 0.15) is 11.9 Å². The van der Waals surface area contributed by atoms with Gasteiger partial charge >= 0.3 is 0 Å². The second-order valence-electron chi connectivity index (χ2n) is 7.35. The van der Waals surface area contributed by atoms with Crippen molar-refractivity contribution in [3.63, 3.8) is 0 Å². The van der Waals surface area contributed by atoms with E-state index in [0.717, 1.165) is 54.1 Å². The SMILES string of the molecule is Cc1cc(C)c(C(=O)Nc2ccc(OC3CCN(C)CC3)cc2)cc1C. The van der Waals surface area contributed by atoms with Crippen LogP contribution in [0.5, 0.6) is 5.75 Å². The van der Waals surface area contributed by atoms with E-state index < -0.39 is 0 Å². The van der Waals surface area contributed by atoms with Crippen LogP contribution in [0.15, 0.2) is 36.4 Å². The molecule has 0 aromatic heterocycles. The summed E-state index contributed by atoms with van der Waals surface area (Å²) < 4.78 is 6.06. The van der Waals surface area contributed by atoms with Gasteiger partial charge < -0.3 is 15.0 Å². The van der Waals surface area contributed by atoms with Crippen LogP contribution in [-0.4, -0.2) is 37.0 Å². The summed E-state index contributed by atoms with van der Waals surface area (Å²) in [7, 11) is 2.14. The van der Waals surface area contributed by atoms with Gasteiger partial charge in [-0.1, -0.05) is 6.07 Å². The number of piperidine rings is 1. The number of ether oxygens (including phenoxy) is 1. The Morgan fingerprint density at radius 3 is 2.27 bits per heavy atom. The molecule has 138 valence electrons. The van der Waals surface area contributed by atoms with Gasteiger partial charge in [0.2, 0.25) is 0 Å². The molecular weight excluding hydrogens is 324 g/mol. The lowest BCUT2D eigenvalue weighted by Crippen LogP contribution is -2.35. The van der Waals surface area contributed by atoms with E-state index in [0.29, 0.717) is 0 Å². The number of amides is 1. The first kappa shape index (κ1) is 18.5. The van der Waals surface area contributed by atoms with Crippen molar-refractivity contribution in [2.75, 3.05) is 25.5 Å². The molecule has 1 aliphatic heterocycles. The number of hydrogen-bond donors (Lipinski definition) is 1. The first-order valence-electron chi connectivity index (χ1n) is 9.27. The Morgan fingerprint density at radius 2 is 1.62 bits per heavy atom. The predicted octanol–water partition coefficient (Wildman–Crippen LogP) is 4.34. The van der Waals surface area contributed by atoms with Gasteiger partial charge in [0.25, 0.3) is 5.91 Å². The maximum atomic E-state index is 12.6. The molecule has 0 aliphatic carbocycles. The fourth-order valence-electron chi connectivity index (χ4n) is 3.32. The number of benzene rings is 2. The highest BCUT2D eigenvalue weighted by molar-refractivity contribution is 6.05. The first-order chi connectivity index (χ1) is 12.4. The molecule has 1 heterocycles. The molecule has 1 aliphatic rings. The van der Waals surface area contributed by atoms with Gasteiger partial charge in [-0.25, -0.2) is 0 Å². The summed E-state index contributed by atoms with van der Waals surface area (Å²) in [6.45, 7) is 8.22. The summed E-state index contributed by atoms with van der Waals surface area (Å²) in [5.74, 6) is 0.787. The summed E-state index contributed by atoms with van der Waals surface area (Å²) in [6, 6.07) is 11.7. The van der Waals surface area contributed by atoms with Crippen molar-refractivity contribution in [2.24, 2.45) is 0 Å². The first-order valence-corrected chi connectivity index (χ1v) is 9.27. The van der Waals surface area contributed by atoms with Gasteiger partial charge in [0.15, 0.2) is 0 Å². The lowest BCUT2D eigenvalue weighted by atomic mass is 10.0. The largest absolute Gasteiger partial charge is 0.490 e. The molecule has 0 unspecified atom stereocenters. The molecule has 0 radical (unpaired) electrons.